The van der Waals surface area contributed by atoms with E-state index in [1.54, 1.807) is 0 Å². The number of nitrogens with zero attached hydrogens (tertiary/aromatic N) is 2. The molecule has 0 aliphatic carbocycles. The van der Waals surface area contributed by atoms with Crippen LogP contribution in [-0.4, -0.2) is 30.1 Å². The predicted molar refractivity (Wildman–Crippen MR) is 116 cm³/mol. The minimum Gasteiger partial charge on any atom is -0.489 e. The Bertz CT molecular complexity index is 958. The van der Waals surface area contributed by atoms with E-state index in [0.29, 0.717) is 19.6 Å². The number of amides is 1. The molecule has 0 unspecified atom stereocenters. The maximum atomic E-state index is 12.4. The molecule has 6 nitrogen and oxygen atoms in total. The average molecular weight is 408 g/mol. The molecule has 0 atom stereocenters. The lowest BCUT2D eigenvalue weighted by atomic mass is 10.1. The number of ether oxygens (including phenoxy) is 1. The second-order valence-electron chi connectivity index (χ2n) is 7.70. The maximum absolute atomic E-state index is 12.4. The van der Waals surface area contributed by atoms with E-state index in [2.05, 4.69) is 27.5 Å². The first-order valence-corrected chi connectivity index (χ1v) is 10.0. The highest BCUT2D eigenvalue weighted by molar-refractivity contribution is 5.78. The molecule has 0 fully saturated rings. The van der Waals surface area contributed by atoms with Crippen LogP contribution in [0.2, 0.25) is 0 Å². The van der Waals surface area contributed by atoms with Crippen LogP contribution >= 0.6 is 0 Å². The molecule has 30 heavy (non-hydrogen) atoms. The van der Waals surface area contributed by atoms with Crippen LogP contribution < -0.4 is 10.1 Å². The monoisotopic (exact) mass is 407 g/mol. The Kier molecular flexibility index (Phi) is 7.25. The molecule has 0 spiro atoms. The molecule has 3 rings (SSSR count). The number of nitrogens with one attached hydrogen (secondary N) is 1. The first-order chi connectivity index (χ1) is 14.4. The quantitative estimate of drug-likeness (QED) is 0.585. The van der Waals surface area contributed by atoms with Crippen molar-refractivity contribution in [2.45, 2.75) is 40.0 Å². The molecular formula is C24H29N3O3. The van der Waals surface area contributed by atoms with E-state index < -0.39 is 0 Å². The summed E-state index contributed by atoms with van der Waals surface area (Å²) < 4.78 is 11.0. The molecule has 2 aromatic carbocycles. The van der Waals surface area contributed by atoms with Gasteiger partial charge in [-0.25, -0.2) is 0 Å². The normalized spacial score (nSPS) is 11.0. The zero-order chi connectivity index (χ0) is 21.5. The Morgan fingerprint density at radius 1 is 1.07 bits per heavy atom. The van der Waals surface area contributed by atoms with Crippen LogP contribution in [0, 0.1) is 13.8 Å². The van der Waals surface area contributed by atoms with Gasteiger partial charge in [0.25, 0.3) is 0 Å². The SMILES string of the molecule is Cc1noc(C)c1COc1ccc(CC(=O)NCc2ccccc2CN(C)C)cc1. The van der Waals surface area contributed by atoms with Crippen molar-refractivity contribution in [1.29, 1.82) is 0 Å². The maximum Gasteiger partial charge on any atom is 0.224 e. The number of benzene rings is 2. The average Bonchev–Trinajstić information content (AvgIpc) is 3.04. The summed E-state index contributed by atoms with van der Waals surface area (Å²) in [6.45, 7) is 5.56. The fraction of sp³-hybridized carbons (Fsp3) is 0.333. The minimum atomic E-state index is -0.000884. The zero-order valence-electron chi connectivity index (χ0n) is 18.1. The van der Waals surface area contributed by atoms with E-state index in [-0.39, 0.29) is 5.91 Å². The highest BCUT2D eigenvalue weighted by atomic mass is 16.5. The second kappa shape index (κ2) is 10.1. The minimum absolute atomic E-state index is 0.000884. The standard InChI is InChI=1S/C24H29N3O3/c1-17-23(18(2)30-26-17)16-29-22-11-9-19(10-12-22)13-24(28)25-14-20-7-5-6-8-21(20)15-27(3)4/h5-12H,13-16H2,1-4H3,(H,25,28). The van der Waals surface area contributed by atoms with Gasteiger partial charge in [0.2, 0.25) is 5.91 Å². The molecule has 0 bridgehead atoms. The number of aryl methyl sites for hydroxylation is 2. The van der Waals surface area contributed by atoms with E-state index >= 15 is 0 Å². The van der Waals surface area contributed by atoms with Crippen molar-refractivity contribution in [2.24, 2.45) is 0 Å². The van der Waals surface area contributed by atoms with Crippen LogP contribution in [0.15, 0.2) is 53.1 Å². The first-order valence-electron chi connectivity index (χ1n) is 10.0. The van der Waals surface area contributed by atoms with Gasteiger partial charge in [-0.05, 0) is 56.8 Å². The number of hydrogen-bond acceptors (Lipinski definition) is 5. The lowest BCUT2D eigenvalue weighted by Crippen LogP contribution is -2.25. The Hall–Kier alpha value is -3.12. The Morgan fingerprint density at radius 3 is 2.40 bits per heavy atom. The topological polar surface area (TPSA) is 67.6 Å². The largest absolute Gasteiger partial charge is 0.489 e. The van der Waals surface area contributed by atoms with E-state index in [9.17, 15) is 4.79 Å². The number of aromatic nitrogens is 1. The third-order valence-electron chi connectivity index (χ3n) is 4.93. The number of carbonyl (C=O) groups is 1. The van der Waals surface area contributed by atoms with Crippen molar-refractivity contribution in [3.63, 3.8) is 0 Å². The van der Waals surface area contributed by atoms with E-state index in [4.69, 9.17) is 9.26 Å². The summed E-state index contributed by atoms with van der Waals surface area (Å²) in [5, 5.41) is 6.96. The fourth-order valence-corrected chi connectivity index (χ4v) is 3.23. The van der Waals surface area contributed by atoms with Crippen LogP contribution in [0.4, 0.5) is 0 Å². The summed E-state index contributed by atoms with van der Waals surface area (Å²) in [4.78, 5) is 14.5. The van der Waals surface area contributed by atoms with Gasteiger partial charge in [-0.3, -0.25) is 4.79 Å². The van der Waals surface area contributed by atoms with Gasteiger partial charge in [0.05, 0.1) is 17.7 Å². The Labute approximate surface area is 177 Å². The van der Waals surface area contributed by atoms with Crippen molar-refractivity contribution >= 4 is 5.91 Å². The lowest BCUT2D eigenvalue weighted by molar-refractivity contribution is -0.120. The number of rotatable bonds is 9. The summed E-state index contributed by atoms with van der Waals surface area (Å²) in [5.41, 5.74) is 5.12. The number of hydrogen-bond donors (Lipinski definition) is 1. The summed E-state index contributed by atoms with van der Waals surface area (Å²) in [6.07, 6.45) is 0.333. The van der Waals surface area contributed by atoms with E-state index in [0.717, 1.165) is 40.4 Å². The van der Waals surface area contributed by atoms with Gasteiger partial charge in [0, 0.05) is 13.1 Å². The fourth-order valence-electron chi connectivity index (χ4n) is 3.23. The van der Waals surface area contributed by atoms with Crippen LogP contribution in [-0.2, 0) is 30.9 Å². The molecule has 0 aliphatic heterocycles. The smallest absolute Gasteiger partial charge is 0.224 e. The molecule has 1 amide bonds. The molecule has 1 N–H and O–H groups in total. The number of carbonyl (C=O) groups excluding carboxylic acids is 1. The molecular weight excluding hydrogens is 378 g/mol. The van der Waals surface area contributed by atoms with Gasteiger partial charge in [-0.1, -0.05) is 41.6 Å². The molecule has 0 aliphatic rings. The van der Waals surface area contributed by atoms with Crippen LogP contribution in [0.25, 0.3) is 0 Å². The molecule has 6 heteroatoms. The van der Waals surface area contributed by atoms with Crippen molar-refractivity contribution in [2.75, 3.05) is 14.1 Å². The van der Waals surface area contributed by atoms with Crippen molar-refractivity contribution in [1.82, 2.24) is 15.4 Å². The molecule has 1 heterocycles. The lowest BCUT2D eigenvalue weighted by Gasteiger charge is -2.14. The highest BCUT2D eigenvalue weighted by Crippen LogP contribution is 2.18. The van der Waals surface area contributed by atoms with Gasteiger partial charge in [0.1, 0.15) is 18.1 Å². The second-order valence-corrected chi connectivity index (χ2v) is 7.70. The van der Waals surface area contributed by atoms with Crippen LogP contribution in [0.3, 0.4) is 0 Å². The summed E-state index contributed by atoms with van der Waals surface area (Å²) in [5.74, 6) is 1.52. The van der Waals surface area contributed by atoms with Crippen molar-refractivity contribution in [3.8, 4) is 5.75 Å². The molecule has 1 aromatic heterocycles. The van der Waals surface area contributed by atoms with Gasteiger partial charge in [0.15, 0.2) is 0 Å². The molecule has 0 saturated carbocycles. The third-order valence-corrected chi connectivity index (χ3v) is 4.93. The van der Waals surface area contributed by atoms with Gasteiger partial charge in [-0.15, -0.1) is 0 Å². The molecule has 3 aromatic rings. The van der Waals surface area contributed by atoms with Gasteiger partial charge >= 0.3 is 0 Å². The van der Waals surface area contributed by atoms with Gasteiger partial charge in [-0.2, -0.15) is 0 Å². The van der Waals surface area contributed by atoms with Crippen molar-refractivity contribution < 1.29 is 14.1 Å². The highest BCUT2D eigenvalue weighted by Gasteiger charge is 2.10. The predicted octanol–water partition coefficient (Wildman–Crippen LogP) is 3.79. The molecule has 0 radical (unpaired) electrons. The third kappa shape index (κ3) is 5.94. The van der Waals surface area contributed by atoms with Crippen molar-refractivity contribution in [3.05, 3.63) is 82.2 Å². The van der Waals surface area contributed by atoms with Gasteiger partial charge < -0.3 is 19.5 Å². The summed E-state index contributed by atoms with van der Waals surface area (Å²) in [6, 6.07) is 15.8. The Morgan fingerprint density at radius 2 is 1.77 bits per heavy atom. The molecule has 0 saturated heterocycles. The summed E-state index contributed by atoms with van der Waals surface area (Å²) in [7, 11) is 4.08. The van der Waals surface area contributed by atoms with Crippen LogP contribution in [0.5, 0.6) is 5.75 Å². The first kappa shape index (κ1) is 21.6. The van der Waals surface area contributed by atoms with E-state index in [1.165, 1.54) is 5.56 Å². The Balaban J connectivity index is 1.50. The van der Waals surface area contributed by atoms with E-state index in [1.807, 2.05) is 64.3 Å². The zero-order valence-corrected chi connectivity index (χ0v) is 18.1. The van der Waals surface area contributed by atoms with Crippen LogP contribution in [0.1, 0.15) is 33.7 Å². The summed E-state index contributed by atoms with van der Waals surface area (Å²) >= 11 is 0. The molecule has 158 valence electrons.